The zero-order valence-electron chi connectivity index (χ0n) is 16.5. The van der Waals surface area contributed by atoms with Crippen LogP contribution in [-0.2, 0) is 11.4 Å². The largest absolute Gasteiger partial charge is 0.489 e. The van der Waals surface area contributed by atoms with Crippen molar-refractivity contribution in [1.82, 2.24) is 4.90 Å². The number of piperidine rings is 1. The van der Waals surface area contributed by atoms with Gasteiger partial charge in [0.2, 0.25) is 0 Å². The minimum atomic E-state index is -0.765. The highest BCUT2D eigenvalue weighted by Gasteiger charge is 2.35. The molecule has 1 saturated heterocycles. The van der Waals surface area contributed by atoms with Crippen molar-refractivity contribution in [3.8, 4) is 5.75 Å². The first-order valence-corrected chi connectivity index (χ1v) is 11.3. The van der Waals surface area contributed by atoms with Crippen molar-refractivity contribution in [1.29, 1.82) is 0 Å². The van der Waals surface area contributed by atoms with Gasteiger partial charge in [-0.15, -0.1) is 11.3 Å². The summed E-state index contributed by atoms with van der Waals surface area (Å²) in [5, 5.41) is 9.83. The van der Waals surface area contributed by atoms with Gasteiger partial charge in [-0.05, 0) is 54.8 Å². The summed E-state index contributed by atoms with van der Waals surface area (Å²) in [5.41, 5.74) is 2.12. The number of likely N-dealkylation sites (tertiary alicyclic amines) is 1. The number of thiophene rings is 1. The van der Waals surface area contributed by atoms with Gasteiger partial charge >= 0.3 is 5.97 Å². The summed E-state index contributed by atoms with van der Waals surface area (Å²) < 4.78 is 6.73. The topological polar surface area (TPSA) is 49.8 Å². The third-order valence-corrected chi connectivity index (χ3v) is 6.73. The summed E-state index contributed by atoms with van der Waals surface area (Å²) in [6, 6.07) is 21.2. The summed E-state index contributed by atoms with van der Waals surface area (Å²) in [7, 11) is 0. The lowest BCUT2D eigenvalue weighted by Crippen LogP contribution is -2.46. The Morgan fingerprint density at radius 2 is 1.97 bits per heavy atom. The average molecular weight is 442 g/mol. The molecule has 1 aliphatic rings. The Morgan fingerprint density at radius 3 is 2.70 bits per heavy atom. The van der Waals surface area contributed by atoms with E-state index < -0.39 is 12.0 Å². The fourth-order valence-electron chi connectivity index (χ4n) is 4.04. The Kier molecular flexibility index (Phi) is 6.72. The van der Waals surface area contributed by atoms with Crippen LogP contribution in [0.4, 0.5) is 0 Å². The summed E-state index contributed by atoms with van der Waals surface area (Å²) >= 11 is 7.74. The lowest BCUT2D eigenvalue weighted by Gasteiger charge is -2.39. The predicted molar refractivity (Wildman–Crippen MR) is 120 cm³/mol. The van der Waals surface area contributed by atoms with E-state index in [1.165, 1.54) is 11.3 Å². The SMILES string of the molecule is O=C(O)C1CCCCN1C(c1cccc(OCc2ccccc2)c1)c1ccc(Cl)s1. The first-order chi connectivity index (χ1) is 14.6. The van der Waals surface area contributed by atoms with Crippen LogP contribution >= 0.6 is 22.9 Å². The molecule has 1 aromatic heterocycles. The van der Waals surface area contributed by atoms with Gasteiger partial charge in [-0.3, -0.25) is 9.69 Å². The van der Waals surface area contributed by atoms with Crippen LogP contribution < -0.4 is 4.74 Å². The van der Waals surface area contributed by atoms with E-state index in [0.29, 0.717) is 17.4 Å². The van der Waals surface area contributed by atoms with Crippen molar-refractivity contribution in [2.24, 2.45) is 0 Å². The molecular weight excluding hydrogens is 418 g/mol. The lowest BCUT2D eigenvalue weighted by atomic mass is 9.95. The second-order valence-electron chi connectivity index (χ2n) is 7.48. The van der Waals surface area contributed by atoms with Crippen molar-refractivity contribution < 1.29 is 14.6 Å². The fourth-order valence-corrected chi connectivity index (χ4v) is 5.25. The number of nitrogens with zero attached hydrogens (tertiary/aromatic N) is 1. The molecular formula is C24H24ClNO3S. The molecule has 1 aliphatic heterocycles. The van der Waals surface area contributed by atoms with Crippen LogP contribution in [0.15, 0.2) is 66.7 Å². The monoisotopic (exact) mass is 441 g/mol. The third-order valence-electron chi connectivity index (χ3n) is 5.45. The van der Waals surface area contributed by atoms with Crippen molar-refractivity contribution in [2.75, 3.05) is 6.54 Å². The van der Waals surface area contributed by atoms with E-state index in [1.54, 1.807) is 0 Å². The maximum absolute atomic E-state index is 12.0. The van der Waals surface area contributed by atoms with E-state index in [1.807, 2.05) is 66.7 Å². The van der Waals surface area contributed by atoms with Crippen LogP contribution in [0.3, 0.4) is 0 Å². The van der Waals surface area contributed by atoms with Gasteiger partial charge in [0.05, 0.1) is 10.4 Å². The smallest absolute Gasteiger partial charge is 0.320 e. The lowest BCUT2D eigenvalue weighted by molar-refractivity contribution is -0.145. The van der Waals surface area contributed by atoms with Gasteiger partial charge in [0.25, 0.3) is 0 Å². The number of halogens is 1. The average Bonchev–Trinajstić information content (AvgIpc) is 3.19. The number of carboxylic acid groups (broad SMARTS) is 1. The van der Waals surface area contributed by atoms with Crippen molar-refractivity contribution >= 4 is 28.9 Å². The van der Waals surface area contributed by atoms with Crippen LogP contribution in [0, 0.1) is 0 Å². The van der Waals surface area contributed by atoms with E-state index in [9.17, 15) is 9.90 Å². The Hall–Kier alpha value is -2.34. The van der Waals surface area contributed by atoms with E-state index >= 15 is 0 Å². The van der Waals surface area contributed by atoms with Gasteiger partial charge in [-0.2, -0.15) is 0 Å². The molecule has 0 spiro atoms. The fraction of sp³-hybridized carbons (Fsp3) is 0.292. The molecule has 2 atom stereocenters. The molecule has 0 aliphatic carbocycles. The highest BCUT2D eigenvalue weighted by atomic mass is 35.5. The van der Waals surface area contributed by atoms with Crippen molar-refractivity contribution in [3.63, 3.8) is 0 Å². The Labute approximate surface area is 185 Å². The first kappa shape index (κ1) is 20.9. The summed E-state index contributed by atoms with van der Waals surface area (Å²) in [4.78, 5) is 15.1. The second-order valence-corrected chi connectivity index (χ2v) is 9.23. The summed E-state index contributed by atoms with van der Waals surface area (Å²) in [5.74, 6) is 0.00623. The van der Waals surface area contributed by atoms with Gasteiger partial charge in [0.15, 0.2) is 0 Å². The number of hydrogen-bond donors (Lipinski definition) is 1. The molecule has 0 radical (unpaired) electrons. The molecule has 2 unspecified atom stereocenters. The van der Waals surface area contributed by atoms with Crippen LogP contribution in [0.25, 0.3) is 0 Å². The molecule has 0 saturated carbocycles. The number of rotatable bonds is 7. The molecule has 3 aromatic rings. The van der Waals surface area contributed by atoms with Gasteiger partial charge in [0, 0.05) is 4.88 Å². The third kappa shape index (κ3) is 4.86. The molecule has 4 nitrogen and oxygen atoms in total. The zero-order chi connectivity index (χ0) is 20.9. The van der Waals surface area contributed by atoms with Crippen molar-refractivity contribution in [3.05, 3.63) is 87.1 Å². The van der Waals surface area contributed by atoms with Crippen LogP contribution in [0.5, 0.6) is 5.75 Å². The van der Waals surface area contributed by atoms with E-state index in [-0.39, 0.29) is 6.04 Å². The number of carbonyl (C=O) groups is 1. The highest BCUT2D eigenvalue weighted by Crippen LogP contribution is 2.39. The molecule has 156 valence electrons. The molecule has 2 aromatic carbocycles. The first-order valence-electron chi connectivity index (χ1n) is 10.1. The minimum absolute atomic E-state index is 0.163. The number of carboxylic acids is 1. The van der Waals surface area contributed by atoms with Crippen LogP contribution in [0.2, 0.25) is 4.34 Å². The standard InChI is InChI=1S/C24H24ClNO3S/c25-22-13-12-21(30-22)23(26-14-5-4-11-20(26)24(27)28)18-9-6-10-19(15-18)29-16-17-7-2-1-3-8-17/h1-3,6-10,12-13,15,20,23H,4-5,11,14,16H2,(H,27,28). The maximum atomic E-state index is 12.0. The normalized spacial score (nSPS) is 18.1. The highest BCUT2D eigenvalue weighted by molar-refractivity contribution is 7.16. The van der Waals surface area contributed by atoms with E-state index in [2.05, 4.69) is 4.90 Å². The minimum Gasteiger partial charge on any atom is -0.489 e. The second kappa shape index (κ2) is 9.65. The quantitative estimate of drug-likeness (QED) is 0.487. The molecule has 0 bridgehead atoms. The van der Waals surface area contributed by atoms with Gasteiger partial charge in [-0.1, -0.05) is 60.5 Å². The molecule has 30 heavy (non-hydrogen) atoms. The molecule has 1 N–H and O–H groups in total. The molecule has 6 heteroatoms. The zero-order valence-corrected chi connectivity index (χ0v) is 18.1. The van der Waals surface area contributed by atoms with Gasteiger partial charge in [0.1, 0.15) is 18.4 Å². The Bertz CT molecular complexity index is 991. The van der Waals surface area contributed by atoms with Crippen molar-refractivity contribution in [2.45, 2.75) is 38.0 Å². The van der Waals surface area contributed by atoms with Gasteiger partial charge < -0.3 is 9.84 Å². The molecule has 1 fully saturated rings. The predicted octanol–water partition coefficient (Wildman–Crippen LogP) is 6.01. The number of ether oxygens (including phenoxy) is 1. The maximum Gasteiger partial charge on any atom is 0.320 e. The van der Waals surface area contributed by atoms with Crippen LogP contribution in [0.1, 0.15) is 41.3 Å². The molecule has 0 amide bonds. The van der Waals surface area contributed by atoms with Crippen LogP contribution in [-0.4, -0.2) is 28.6 Å². The number of hydrogen-bond acceptors (Lipinski definition) is 4. The number of aliphatic carboxylic acids is 1. The Balaban J connectivity index is 1.64. The number of benzene rings is 2. The van der Waals surface area contributed by atoms with E-state index in [4.69, 9.17) is 16.3 Å². The molecule has 2 heterocycles. The molecule has 4 rings (SSSR count). The summed E-state index contributed by atoms with van der Waals surface area (Å²) in [6.45, 7) is 1.23. The summed E-state index contributed by atoms with van der Waals surface area (Å²) in [6.07, 6.45) is 2.59. The van der Waals surface area contributed by atoms with Gasteiger partial charge in [-0.25, -0.2) is 0 Å². The van der Waals surface area contributed by atoms with E-state index in [0.717, 1.165) is 41.1 Å². The Morgan fingerprint density at radius 1 is 1.13 bits per heavy atom.